The van der Waals surface area contributed by atoms with Gasteiger partial charge in [-0.15, -0.1) is 0 Å². The van der Waals surface area contributed by atoms with Gasteiger partial charge in [0, 0.05) is 19.5 Å². The number of nitrogens with two attached hydrogens (primary N) is 1. The molecule has 2 N–H and O–H groups in total. The highest BCUT2D eigenvalue weighted by Crippen LogP contribution is 2.17. The summed E-state index contributed by atoms with van der Waals surface area (Å²) in [5.74, 6) is -0.776. The number of benzene rings is 2. The molecule has 0 spiro atoms. The molecular weight excluding hydrogens is 316 g/mol. The van der Waals surface area contributed by atoms with Crippen LogP contribution in [0.15, 0.2) is 60.7 Å². The van der Waals surface area contributed by atoms with Crippen LogP contribution in [0.1, 0.15) is 24.0 Å². The zero-order valence-electron chi connectivity index (χ0n) is 14.4. The summed E-state index contributed by atoms with van der Waals surface area (Å²) < 4.78 is 4.97. The van der Waals surface area contributed by atoms with Crippen molar-refractivity contribution in [2.75, 3.05) is 7.11 Å². The van der Waals surface area contributed by atoms with E-state index < -0.39 is 11.9 Å². The third kappa shape index (κ3) is 6.04. The van der Waals surface area contributed by atoms with Crippen LogP contribution in [0.3, 0.4) is 0 Å². The van der Waals surface area contributed by atoms with Gasteiger partial charge in [-0.1, -0.05) is 60.7 Å². The second-order valence-corrected chi connectivity index (χ2v) is 5.92. The Labute approximate surface area is 148 Å². The van der Waals surface area contributed by atoms with E-state index in [9.17, 15) is 9.59 Å². The molecule has 2 aromatic rings. The molecule has 0 bridgehead atoms. The first-order valence-corrected chi connectivity index (χ1v) is 8.28. The lowest BCUT2D eigenvalue weighted by molar-refractivity contribution is -0.148. The molecule has 0 saturated carbocycles. The lowest BCUT2D eigenvalue weighted by Gasteiger charge is -2.30. The van der Waals surface area contributed by atoms with E-state index in [0.717, 1.165) is 11.1 Å². The van der Waals surface area contributed by atoms with Crippen LogP contribution >= 0.6 is 0 Å². The molecule has 0 heterocycles. The maximum atomic E-state index is 12.3. The Balaban J connectivity index is 2.25. The fourth-order valence-electron chi connectivity index (χ4n) is 2.78. The van der Waals surface area contributed by atoms with Gasteiger partial charge in [-0.25, -0.2) is 0 Å². The number of rotatable bonds is 9. The van der Waals surface area contributed by atoms with Gasteiger partial charge < -0.3 is 10.5 Å². The molecular formula is C20H24N2O3. The number of hydrogen-bond donors (Lipinski definition) is 1. The topological polar surface area (TPSA) is 72.6 Å². The highest BCUT2D eigenvalue weighted by Gasteiger charge is 2.27. The summed E-state index contributed by atoms with van der Waals surface area (Å²) in [5, 5.41) is 0. The van der Waals surface area contributed by atoms with Crippen molar-refractivity contribution in [2.45, 2.75) is 32.0 Å². The molecule has 0 aliphatic carbocycles. The second kappa shape index (κ2) is 9.59. The highest BCUT2D eigenvalue weighted by atomic mass is 16.5. The van der Waals surface area contributed by atoms with Crippen LogP contribution < -0.4 is 5.73 Å². The summed E-state index contributed by atoms with van der Waals surface area (Å²) in [5.41, 5.74) is 7.46. The van der Waals surface area contributed by atoms with Gasteiger partial charge in [-0.05, 0) is 17.5 Å². The Hall–Kier alpha value is -2.66. The summed E-state index contributed by atoms with van der Waals surface area (Å²) >= 11 is 0. The zero-order valence-corrected chi connectivity index (χ0v) is 14.4. The van der Waals surface area contributed by atoms with Crippen molar-refractivity contribution in [2.24, 2.45) is 5.73 Å². The number of hydrogen-bond acceptors (Lipinski definition) is 4. The number of carbonyl (C=O) groups is 2. The molecule has 0 unspecified atom stereocenters. The first kappa shape index (κ1) is 18.7. The van der Waals surface area contributed by atoms with Crippen LogP contribution in [-0.4, -0.2) is 29.9 Å². The summed E-state index contributed by atoms with van der Waals surface area (Å²) in [4.78, 5) is 25.6. The van der Waals surface area contributed by atoms with Crippen molar-refractivity contribution in [1.29, 1.82) is 0 Å². The third-order valence-corrected chi connectivity index (χ3v) is 4.04. The number of primary amides is 1. The summed E-state index contributed by atoms with van der Waals surface area (Å²) in [6.45, 7) is 1.16. The minimum Gasteiger partial charge on any atom is -0.468 e. The zero-order chi connectivity index (χ0) is 18.1. The lowest BCUT2D eigenvalue weighted by atomic mass is 10.1. The van der Waals surface area contributed by atoms with E-state index in [4.69, 9.17) is 10.5 Å². The Kier molecular flexibility index (Phi) is 7.16. The number of ether oxygens (including phenoxy) is 1. The minimum atomic E-state index is -0.530. The Bertz CT molecular complexity index is 632. The fourth-order valence-corrected chi connectivity index (χ4v) is 2.78. The third-order valence-electron chi connectivity index (χ3n) is 4.04. The monoisotopic (exact) mass is 340 g/mol. The Morgan fingerprint density at radius 3 is 1.84 bits per heavy atom. The summed E-state index contributed by atoms with van der Waals surface area (Å²) in [7, 11) is 1.36. The van der Waals surface area contributed by atoms with Crippen molar-refractivity contribution < 1.29 is 14.3 Å². The van der Waals surface area contributed by atoms with E-state index in [2.05, 4.69) is 0 Å². The smallest absolute Gasteiger partial charge is 0.323 e. The van der Waals surface area contributed by atoms with E-state index in [-0.39, 0.29) is 12.4 Å². The number of amides is 1. The van der Waals surface area contributed by atoms with Gasteiger partial charge in [0.05, 0.1) is 7.11 Å². The van der Waals surface area contributed by atoms with Crippen molar-refractivity contribution in [1.82, 2.24) is 4.90 Å². The van der Waals surface area contributed by atoms with Gasteiger partial charge in [0.15, 0.2) is 0 Å². The van der Waals surface area contributed by atoms with Gasteiger partial charge in [0.25, 0.3) is 0 Å². The molecule has 132 valence electrons. The molecule has 25 heavy (non-hydrogen) atoms. The minimum absolute atomic E-state index is 0.139. The molecule has 5 heteroatoms. The fraction of sp³-hybridized carbons (Fsp3) is 0.300. The van der Waals surface area contributed by atoms with Crippen molar-refractivity contribution in [3.05, 3.63) is 71.8 Å². The molecule has 2 aromatic carbocycles. The van der Waals surface area contributed by atoms with Gasteiger partial charge >= 0.3 is 5.97 Å². The summed E-state index contributed by atoms with van der Waals surface area (Å²) in [6.07, 6.45) is 0.474. The molecule has 0 fully saturated rings. The van der Waals surface area contributed by atoms with Gasteiger partial charge in [-0.2, -0.15) is 0 Å². The van der Waals surface area contributed by atoms with Crippen molar-refractivity contribution in [3.63, 3.8) is 0 Å². The Morgan fingerprint density at radius 2 is 1.44 bits per heavy atom. The maximum Gasteiger partial charge on any atom is 0.323 e. The van der Waals surface area contributed by atoms with Crippen LogP contribution in [0.5, 0.6) is 0 Å². The normalized spacial score (nSPS) is 11.9. The van der Waals surface area contributed by atoms with Gasteiger partial charge in [-0.3, -0.25) is 14.5 Å². The molecule has 5 nitrogen and oxygen atoms in total. The molecule has 0 aromatic heterocycles. The van der Waals surface area contributed by atoms with Gasteiger partial charge in [0.2, 0.25) is 5.91 Å². The van der Waals surface area contributed by atoms with Crippen LogP contribution in [0.2, 0.25) is 0 Å². The number of nitrogens with zero attached hydrogens (tertiary/aromatic N) is 1. The number of carbonyl (C=O) groups excluding carboxylic acids is 2. The van der Waals surface area contributed by atoms with Crippen LogP contribution in [0.4, 0.5) is 0 Å². The van der Waals surface area contributed by atoms with Crippen LogP contribution in [-0.2, 0) is 27.4 Å². The first-order valence-electron chi connectivity index (χ1n) is 8.28. The van der Waals surface area contributed by atoms with E-state index in [1.807, 2.05) is 65.6 Å². The molecule has 1 atom stereocenters. The SMILES string of the molecule is COC(=O)[C@H](CCC(N)=O)N(Cc1ccccc1)Cc1ccccc1. The first-order chi connectivity index (χ1) is 12.1. The van der Waals surface area contributed by atoms with E-state index in [0.29, 0.717) is 19.5 Å². The van der Waals surface area contributed by atoms with Crippen molar-refractivity contribution >= 4 is 11.9 Å². The molecule has 2 rings (SSSR count). The maximum absolute atomic E-state index is 12.3. The lowest BCUT2D eigenvalue weighted by Crippen LogP contribution is -2.41. The quantitative estimate of drug-likeness (QED) is 0.712. The standard InChI is InChI=1S/C20H24N2O3/c1-25-20(24)18(12-13-19(21)23)22(14-16-8-4-2-5-9-16)15-17-10-6-3-7-11-17/h2-11,18H,12-15H2,1H3,(H2,21,23)/t18-/m0/s1. The van der Waals surface area contributed by atoms with Crippen molar-refractivity contribution in [3.8, 4) is 0 Å². The molecule has 0 aliphatic rings. The van der Waals surface area contributed by atoms with E-state index in [1.54, 1.807) is 0 Å². The number of methoxy groups -OCH3 is 1. The second-order valence-electron chi connectivity index (χ2n) is 5.92. The van der Waals surface area contributed by atoms with E-state index >= 15 is 0 Å². The molecule has 0 aliphatic heterocycles. The molecule has 0 saturated heterocycles. The average molecular weight is 340 g/mol. The summed E-state index contributed by atoms with van der Waals surface area (Å²) in [6, 6.07) is 19.3. The van der Waals surface area contributed by atoms with Crippen LogP contribution in [0.25, 0.3) is 0 Å². The predicted molar refractivity (Wildman–Crippen MR) is 96.4 cm³/mol. The number of esters is 1. The average Bonchev–Trinajstić information content (AvgIpc) is 2.63. The van der Waals surface area contributed by atoms with E-state index in [1.165, 1.54) is 7.11 Å². The predicted octanol–water partition coefficient (Wildman–Crippen LogP) is 2.50. The van der Waals surface area contributed by atoms with Crippen LogP contribution in [0, 0.1) is 0 Å². The molecule has 0 radical (unpaired) electrons. The highest BCUT2D eigenvalue weighted by molar-refractivity contribution is 5.78. The largest absolute Gasteiger partial charge is 0.468 e. The molecule has 1 amide bonds. The van der Waals surface area contributed by atoms with Gasteiger partial charge in [0.1, 0.15) is 6.04 Å². The Morgan fingerprint density at radius 1 is 0.960 bits per heavy atom.